The molecule has 16 heavy (non-hydrogen) atoms. The summed E-state index contributed by atoms with van der Waals surface area (Å²) >= 11 is 0. The predicted octanol–water partition coefficient (Wildman–Crippen LogP) is 0.512. The summed E-state index contributed by atoms with van der Waals surface area (Å²) in [4.78, 5) is 15.4. The van der Waals surface area contributed by atoms with Crippen molar-refractivity contribution in [3.05, 3.63) is 17.5 Å². The molecule has 3 N–H and O–H groups in total. The number of anilines is 1. The third kappa shape index (κ3) is 2.22. The van der Waals surface area contributed by atoms with Gasteiger partial charge in [-0.2, -0.15) is 0 Å². The lowest BCUT2D eigenvalue weighted by atomic mass is 10.2. The molecule has 0 aliphatic rings. The zero-order chi connectivity index (χ0) is 12.3. The molecule has 6 heteroatoms. The summed E-state index contributed by atoms with van der Waals surface area (Å²) in [5, 5.41) is 9.38. The Hall–Kier alpha value is -1.82. The Balaban J connectivity index is 3.36. The van der Waals surface area contributed by atoms with E-state index in [1.807, 2.05) is 0 Å². The molecule has 0 saturated heterocycles. The van der Waals surface area contributed by atoms with Crippen LogP contribution in [0.4, 0.5) is 5.69 Å². The molecule has 0 aromatic carbocycles. The van der Waals surface area contributed by atoms with E-state index in [-0.39, 0.29) is 17.1 Å². The van der Waals surface area contributed by atoms with Crippen molar-refractivity contribution in [3.63, 3.8) is 0 Å². The summed E-state index contributed by atoms with van der Waals surface area (Å²) in [6.07, 6.45) is -0.823. The largest absolute Gasteiger partial charge is 0.492 e. The number of ether oxygens (including phenoxy) is 2. The van der Waals surface area contributed by atoms with Crippen LogP contribution in [0.25, 0.3) is 0 Å². The third-order valence-corrected chi connectivity index (χ3v) is 2.03. The summed E-state index contributed by atoms with van der Waals surface area (Å²) in [5.74, 6) is -0.512. The number of aliphatic hydroxyl groups excluding tert-OH is 1. The number of methoxy groups -OCH3 is 2. The van der Waals surface area contributed by atoms with Gasteiger partial charge in [0, 0.05) is 0 Å². The van der Waals surface area contributed by atoms with Crippen LogP contribution < -0.4 is 10.5 Å². The first-order chi connectivity index (χ1) is 7.51. The number of esters is 1. The molecular weight excluding hydrogens is 212 g/mol. The van der Waals surface area contributed by atoms with Crippen molar-refractivity contribution < 1.29 is 19.4 Å². The summed E-state index contributed by atoms with van der Waals surface area (Å²) in [7, 11) is 2.61. The van der Waals surface area contributed by atoms with Gasteiger partial charge in [0.15, 0.2) is 11.4 Å². The SMILES string of the molecule is COC(=O)c1nc([C@@H](C)O)cc(N)c1OC. The van der Waals surface area contributed by atoms with Crippen molar-refractivity contribution >= 4 is 11.7 Å². The maximum absolute atomic E-state index is 11.4. The van der Waals surface area contributed by atoms with Gasteiger partial charge in [-0.1, -0.05) is 0 Å². The highest BCUT2D eigenvalue weighted by atomic mass is 16.5. The van der Waals surface area contributed by atoms with Crippen LogP contribution in [0.5, 0.6) is 5.75 Å². The van der Waals surface area contributed by atoms with Crippen LogP contribution in [0.3, 0.4) is 0 Å². The molecule has 0 saturated carbocycles. The number of hydrogen-bond donors (Lipinski definition) is 2. The molecule has 0 fully saturated rings. The van der Waals surface area contributed by atoms with Gasteiger partial charge < -0.3 is 20.3 Å². The maximum Gasteiger partial charge on any atom is 0.360 e. The van der Waals surface area contributed by atoms with Crippen LogP contribution in [0.1, 0.15) is 29.2 Å². The highest BCUT2D eigenvalue weighted by molar-refractivity contribution is 5.92. The second kappa shape index (κ2) is 4.80. The average Bonchev–Trinajstić information content (AvgIpc) is 2.26. The topological polar surface area (TPSA) is 94.7 Å². The highest BCUT2D eigenvalue weighted by Gasteiger charge is 2.20. The Bertz CT molecular complexity index is 404. The molecule has 0 aliphatic carbocycles. The van der Waals surface area contributed by atoms with E-state index in [4.69, 9.17) is 10.5 Å². The lowest BCUT2D eigenvalue weighted by molar-refractivity contribution is 0.0589. The summed E-state index contributed by atoms with van der Waals surface area (Å²) in [6.45, 7) is 1.52. The number of pyridine rings is 1. The number of aromatic nitrogens is 1. The smallest absolute Gasteiger partial charge is 0.360 e. The number of nitrogen functional groups attached to an aromatic ring is 1. The standard InChI is InChI=1S/C10H14N2O4/c1-5(13)7-4-6(11)9(15-2)8(12-7)10(14)16-3/h4-5,13H,1-3H3,(H2,11,12)/t5-/m1/s1. The first-order valence-corrected chi connectivity index (χ1v) is 4.62. The van der Waals surface area contributed by atoms with Crippen molar-refractivity contribution in [2.45, 2.75) is 13.0 Å². The molecule has 0 aliphatic heterocycles. The quantitative estimate of drug-likeness (QED) is 0.729. The van der Waals surface area contributed by atoms with Crippen molar-refractivity contribution in [1.82, 2.24) is 4.98 Å². The number of hydrogen-bond acceptors (Lipinski definition) is 6. The Morgan fingerprint density at radius 1 is 1.56 bits per heavy atom. The molecule has 0 bridgehead atoms. The fourth-order valence-corrected chi connectivity index (χ4v) is 1.24. The average molecular weight is 226 g/mol. The van der Waals surface area contributed by atoms with Crippen LogP contribution in [0.2, 0.25) is 0 Å². The van der Waals surface area contributed by atoms with E-state index in [1.54, 1.807) is 0 Å². The van der Waals surface area contributed by atoms with Crippen LogP contribution in [0.15, 0.2) is 6.07 Å². The van der Waals surface area contributed by atoms with Crippen molar-refractivity contribution in [3.8, 4) is 5.75 Å². The number of aliphatic hydroxyl groups is 1. The Morgan fingerprint density at radius 2 is 2.19 bits per heavy atom. The van der Waals surface area contributed by atoms with E-state index in [2.05, 4.69) is 9.72 Å². The van der Waals surface area contributed by atoms with Crippen molar-refractivity contribution in [2.75, 3.05) is 20.0 Å². The van der Waals surface area contributed by atoms with E-state index < -0.39 is 12.1 Å². The molecule has 1 aromatic rings. The van der Waals surface area contributed by atoms with E-state index in [9.17, 15) is 9.90 Å². The highest BCUT2D eigenvalue weighted by Crippen LogP contribution is 2.28. The van der Waals surface area contributed by atoms with E-state index in [1.165, 1.54) is 27.2 Å². The molecule has 1 aromatic heterocycles. The lowest BCUT2D eigenvalue weighted by Crippen LogP contribution is -2.11. The molecule has 6 nitrogen and oxygen atoms in total. The number of rotatable bonds is 3. The maximum atomic E-state index is 11.4. The van der Waals surface area contributed by atoms with Gasteiger partial charge in [0.2, 0.25) is 0 Å². The van der Waals surface area contributed by atoms with E-state index in [0.29, 0.717) is 5.69 Å². The van der Waals surface area contributed by atoms with Gasteiger partial charge in [0.05, 0.1) is 31.7 Å². The Kier molecular flexibility index (Phi) is 3.68. The molecule has 0 radical (unpaired) electrons. The summed E-state index contributed by atoms with van der Waals surface area (Å²) in [6, 6.07) is 1.45. The molecule has 0 unspecified atom stereocenters. The predicted molar refractivity (Wildman–Crippen MR) is 57.2 cm³/mol. The number of carbonyl (C=O) groups excluding carboxylic acids is 1. The number of carbonyl (C=O) groups is 1. The van der Waals surface area contributed by atoms with E-state index in [0.717, 1.165) is 0 Å². The first-order valence-electron chi connectivity index (χ1n) is 4.62. The monoisotopic (exact) mass is 226 g/mol. The minimum absolute atomic E-state index is 0.0408. The number of nitrogens with two attached hydrogens (primary N) is 1. The van der Waals surface area contributed by atoms with Gasteiger partial charge in [-0.3, -0.25) is 0 Å². The zero-order valence-corrected chi connectivity index (χ0v) is 9.35. The van der Waals surface area contributed by atoms with Gasteiger partial charge >= 0.3 is 5.97 Å². The van der Waals surface area contributed by atoms with E-state index >= 15 is 0 Å². The van der Waals surface area contributed by atoms with Crippen LogP contribution in [-0.4, -0.2) is 30.3 Å². The van der Waals surface area contributed by atoms with Gasteiger partial charge in [-0.15, -0.1) is 0 Å². The zero-order valence-electron chi connectivity index (χ0n) is 9.35. The van der Waals surface area contributed by atoms with Gasteiger partial charge in [0.1, 0.15) is 0 Å². The second-order valence-electron chi connectivity index (χ2n) is 3.19. The summed E-state index contributed by atoms with van der Waals surface area (Å²) in [5.41, 5.74) is 6.16. The molecule has 0 spiro atoms. The molecule has 1 heterocycles. The van der Waals surface area contributed by atoms with Crippen LogP contribution in [0, 0.1) is 0 Å². The number of nitrogens with zero attached hydrogens (tertiary/aromatic N) is 1. The minimum atomic E-state index is -0.823. The van der Waals surface area contributed by atoms with Crippen LogP contribution >= 0.6 is 0 Å². The molecular formula is C10H14N2O4. The normalized spacial score (nSPS) is 12.0. The lowest BCUT2D eigenvalue weighted by Gasteiger charge is -2.12. The fourth-order valence-electron chi connectivity index (χ4n) is 1.24. The Morgan fingerprint density at radius 3 is 2.62 bits per heavy atom. The van der Waals surface area contributed by atoms with Crippen LogP contribution in [-0.2, 0) is 4.74 Å². The molecule has 1 rings (SSSR count). The summed E-state index contributed by atoms with van der Waals surface area (Å²) < 4.78 is 9.51. The van der Waals surface area contributed by atoms with Crippen molar-refractivity contribution in [2.24, 2.45) is 0 Å². The van der Waals surface area contributed by atoms with Gasteiger partial charge in [-0.25, -0.2) is 9.78 Å². The molecule has 0 amide bonds. The molecule has 88 valence electrons. The van der Waals surface area contributed by atoms with Gasteiger partial charge in [-0.05, 0) is 13.0 Å². The Labute approximate surface area is 93.0 Å². The fraction of sp³-hybridized carbons (Fsp3) is 0.400. The van der Waals surface area contributed by atoms with Gasteiger partial charge in [0.25, 0.3) is 0 Å². The first kappa shape index (κ1) is 12.3. The van der Waals surface area contributed by atoms with Crippen molar-refractivity contribution in [1.29, 1.82) is 0 Å². The second-order valence-corrected chi connectivity index (χ2v) is 3.19. The third-order valence-electron chi connectivity index (χ3n) is 2.03. The minimum Gasteiger partial charge on any atom is -0.492 e. The molecule has 1 atom stereocenters.